The lowest BCUT2D eigenvalue weighted by Gasteiger charge is -2.06. The van der Waals surface area contributed by atoms with Gasteiger partial charge in [-0.05, 0) is 48.7 Å². The number of aromatic nitrogens is 3. The van der Waals surface area contributed by atoms with Gasteiger partial charge >= 0.3 is 5.97 Å². The van der Waals surface area contributed by atoms with Crippen molar-refractivity contribution in [2.75, 3.05) is 0 Å². The van der Waals surface area contributed by atoms with Crippen molar-refractivity contribution in [3.05, 3.63) is 53.7 Å². The molecule has 0 saturated carbocycles. The average molecular weight is 323 g/mol. The molecule has 0 unspecified atom stereocenters. The van der Waals surface area contributed by atoms with E-state index in [1.807, 2.05) is 28.9 Å². The predicted octanol–water partition coefficient (Wildman–Crippen LogP) is 4.39. The molecular weight excluding hydrogens is 302 g/mol. The average Bonchev–Trinajstić information content (AvgIpc) is 3.21. The maximum atomic E-state index is 10.9. The molecule has 0 saturated heterocycles. The highest BCUT2D eigenvalue weighted by Crippen LogP contribution is 2.26. The summed E-state index contributed by atoms with van der Waals surface area (Å²) in [6.45, 7) is 7.26. The van der Waals surface area contributed by atoms with Gasteiger partial charge in [0.15, 0.2) is 0 Å². The summed E-state index contributed by atoms with van der Waals surface area (Å²) in [5.74, 6) is -0.496. The van der Waals surface area contributed by atoms with Crippen LogP contribution in [0.2, 0.25) is 0 Å². The minimum absolute atomic E-state index is 0.286. The molecule has 3 rings (SSSR count). The maximum Gasteiger partial charge on any atom is 0.335 e. The van der Waals surface area contributed by atoms with Crippen molar-refractivity contribution in [2.24, 2.45) is 0 Å². The number of benzene rings is 1. The lowest BCUT2D eigenvalue weighted by atomic mass is 10.1. The summed E-state index contributed by atoms with van der Waals surface area (Å²) in [5, 5.41) is 13.6. The molecule has 0 aliphatic heterocycles. The molecule has 3 aromatic rings. The molecule has 2 aromatic heterocycles. The van der Waals surface area contributed by atoms with E-state index in [2.05, 4.69) is 36.9 Å². The fourth-order valence-corrected chi connectivity index (χ4v) is 2.79. The second-order valence-corrected chi connectivity index (χ2v) is 6.09. The van der Waals surface area contributed by atoms with Gasteiger partial charge in [0.25, 0.3) is 0 Å². The van der Waals surface area contributed by atoms with E-state index in [4.69, 9.17) is 5.11 Å². The van der Waals surface area contributed by atoms with Gasteiger partial charge in [-0.25, -0.2) is 4.79 Å². The molecule has 5 heteroatoms. The molecule has 0 atom stereocenters. The van der Waals surface area contributed by atoms with Gasteiger partial charge in [0.2, 0.25) is 0 Å². The van der Waals surface area contributed by atoms with Crippen LogP contribution in [-0.2, 0) is 6.54 Å². The Hall–Kier alpha value is -2.82. The molecule has 0 aliphatic rings. The first kappa shape index (κ1) is 16.1. The summed E-state index contributed by atoms with van der Waals surface area (Å²) in [5.41, 5.74) is 5.28. The number of nitrogens with zero attached hydrogens (tertiary/aromatic N) is 2. The van der Waals surface area contributed by atoms with Crippen LogP contribution in [0.3, 0.4) is 0 Å². The topological polar surface area (TPSA) is 70.9 Å². The minimum Gasteiger partial charge on any atom is -0.478 e. The van der Waals surface area contributed by atoms with Crippen molar-refractivity contribution in [2.45, 2.75) is 33.2 Å². The first-order valence-corrected chi connectivity index (χ1v) is 8.10. The third-order valence-corrected chi connectivity index (χ3v) is 4.11. The summed E-state index contributed by atoms with van der Waals surface area (Å²) in [6.07, 6.45) is 0. The third-order valence-electron chi connectivity index (χ3n) is 4.11. The van der Waals surface area contributed by atoms with Crippen LogP contribution in [0.4, 0.5) is 0 Å². The standard InChI is InChI=1S/C19H21N3O2/c1-4-22-18(12(2)3)11-17(21-22)16-10-9-15(20-16)13-5-7-14(8-6-13)19(23)24/h5-12,20H,4H2,1-3H3,(H,23,24). The van der Waals surface area contributed by atoms with E-state index in [9.17, 15) is 4.79 Å². The van der Waals surface area contributed by atoms with Gasteiger partial charge in [0, 0.05) is 17.9 Å². The lowest BCUT2D eigenvalue weighted by Crippen LogP contribution is -2.03. The molecule has 5 nitrogen and oxygen atoms in total. The van der Waals surface area contributed by atoms with Crippen LogP contribution in [0, 0.1) is 0 Å². The van der Waals surface area contributed by atoms with Crippen molar-refractivity contribution >= 4 is 5.97 Å². The van der Waals surface area contributed by atoms with E-state index in [-0.39, 0.29) is 5.56 Å². The molecule has 0 fully saturated rings. The van der Waals surface area contributed by atoms with Gasteiger partial charge in [-0.15, -0.1) is 0 Å². The van der Waals surface area contributed by atoms with Gasteiger partial charge in [-0.2, -0.15) is 5.10 Å². The monoisotopic (exact) mass is 323 g/mol. The van der Waals surface area contributed by atoms with E-state index < -0.39 is 5.97 Å². The second kappa shape index (κ2) is 6.35. The SMILES string of the molecule is CCn1nc(-c2ccc(-c3ccc(C(=O)O)cc3)[nH]2)cc1C(C)C. The fraction of sp³-hybridized carbons (Fsp3) is 0.263. The number of carboxylic acids is 1. The van der Waals surface area contributed by atoms with Gasteiger partial charge in [-0.1, -0.05) is 26.0 Å². The second-order valence-electron chi connectivity index (χ2n) is 6.09. The molecule has 0 bridgehead atoms. The number of hydrogen-bond acceptors (Lipinski definition) is 2. The zero-order valence-corrected chi connectivity index (χ0v) is 14.1. The molecule has 0 spiro atoms. The molecule has 2 N–H and O–H groups in total. The number of rotatable bonds is 5. The number of H-pyrrole nitrogens is 1. The normalized spacial score (nSPS) is 11.2. The number of carboxylic acid groups (broad SMARTS) is 1. The maximum absolute atomic E-state index is 10.9. The first-order chi connectivity index (χ1) is 11.5. The molecule has 0 radical (unpaired) electrons. The Morgan fingerprint density at radius 3 is 2.38 bits per heavy atom. The Labute approximate surface area is 141 Å². The summed E-state index contributed by atoms with van der Waals surface area (Å²) >= 11 is 0. The number of nitrogens with one attached hydrogen (secondary N) is 1. The van der Waals surface area contributed by atoms with Crippen molar-refractivity contribution in [1.29, 1.82) is 0 Å². The number of aromatic amines is 1. The van der Waals surface area contributed by atoms with E-state index in [0.29, 0.717) is 5.92 Å². The number of carbonyl (C=O) groups is 1. The van der Waals surface area contributed by atoms with Crippen LogP contribution < -0.4 is 0 Å². The van der Waals surface area contributed by atoms with Crippen LogP contribution in [-0.4, -0.2) is 25.8 Å². The number of aryl methyl sites for hydroxylation is 1. The Morgan fingerprint density at radius 1 is 1.17 bits per heavy atom. The first-order valence-electron chi connectivity index (χ1n) is 8.10. The third kappa shape index (κ3) is 2.97. The fourth-order valence-electron chi connectivity index (χ4n) is 2.79. The summed E-state index contributed by atoms with van der Waals surface area (Å²) in [4.78, 5) is 14.3. The van der Waals surface area contributed by atoms with Crippen LogP contribution >= 0.6 is 0 Å². The Morgan fingerprint density at radius 2 is 1.83 bits per heavy atom. The quantitative estimate of drug-likeness (QED) is 0.731. The van der Waals surface area contributed by atoms with E-state index in [1.165, 1.54) is 5.69 Å². The van der Waals surface area contributed by atoms with Gasteiger partial charge in [-0.3, -0.25) is 4.68 Å². The van der Waals surface area contributed by atoms with Crippen LogP contribution in [0.25, 0.3) is 22.6 Å². The van der Waals surface area contributed by atoms with Crippen LogP contribution in [0.15, 0.2) is 42.5 Å². The zero-order chi connectivity index (χ0) is 17.3. The molecule has 0 amide bonds. The smallest absolute Gasteiger partial charge is 0.335 e. The summed E-state index contributed by atoms with van der Waals surface area (Å²) in [7, 11) is 0. The molecule has 124 valence electrons. The number of aromatic carboxylic acids is 1. The van der Waals surface area contributed by atoms with Crippen molar-refractivity contribution in [3.8, 4) is 22.6 Å². The molecule has 1 aromatic carbocycles. The summed E-state index contributed by atoms with van der Waals surface area (Å²) in [6, 6.07) is 13.0. The highest BCUT2D eigenvalue weighted by Gasteiger charge is 2.13. The number of hydrogen-bond donors (Lipinski definition) is 2. The van der Waals surface area contributed by atoms with Gasteiger partial charge < -0.3 is 10.1 Å². The zero-order valence-electron chi connectivity index (χ0n) is 14.1. The van der Waals surface area contributed by atoms with Crippen LogP contribution in [0.5, 0.6) is 0 Å². The molecule has 0 aliphatic carbocycles. The summed E-state index contributed by atoms with van der Waals surface area (Å²) < 4.78 is 2.03. The minimum atomic E-state index is -0.917. The Bertz CT molecular complexity index is 857. The largest absolute Gasteiger partial charge is 0.478 e. The Kier molecular flexibility index (Phi) is 4.25. The van der Waals surface area contributed by atoms with E-state index in [1.54, 1.807) is 12.1 Å². The highest BCUT2D eigenvalue weighted by atomic mass is 16.4. The predicted molar refractivity (Wildman–Crippen MR) is 94.2 cm³/mol. The molecule has 24 heavy (non-hydrogen) atoms. The van der Waals surface area contributed by atoms with Crippen molar-refractivity contribution < 1.29 is 9.90 Å². The molecule has 2 heterocycles. The molecular formula is C19H21N3O2. The van der Waals surface area contributed by atoms with Crippen LogP contribution in [0.1, 0.15) is 42.7 Å². The van der Waals surface area contributed by atoms with Crippen molar-refractivity contribution in [1.82, 2.24) is 14.8 Å². The Balaban J connectivity index is 1.92. The lowest BCUT2D eigenvalue weighted by molar-refractivity contribution is 0.0697. The van der Waals surface area contributed by atoms with E-state index >= 15 is 0 Å². The van der Waals surface area contributed by atoms with Gasteiger partial charge in [0.1, 0.15) is 5.69 Å². The van der Waals surface area contributed by atoms with E-state index in [0.717, 1.165) is 29.2 Å². The van der Waals surface area contributed by atoms with Crippen molar-refractivity contribution in [3.63, 3.8) is 0 Å². The van der Waals surface area contributed by atoms with Gasteiger partial charge in [0.05, 0.1) is 11.3 Å². The highest BCUT2D eigenvalue weighted by molar-refractivity contribution is 5.88.